The van der Waals surface area contributed by atoms with Crippen LogP contribution in [0.3, 0.4) is 0 Å². The van der Waals surface area contributed by atoms with Gasteiger partial charge in [0.25, 0.3) is 0 Å². The molecule has 0 atom stereocenters. The highest BCUT2D eigenvalue weighted by Gasteiger charge is 2.48. The van der Waals surface area contributed by atoms with Crippen LogP contribution in [-0.2, 0) is 25.5 Å². The van der Waals surface area contributed by atoms with Crippen LogP contribution in [0.5, 0.6) is 0 Å². The van der Waals surface area contributed by atoms with Gasteiger partial charge in [0.05, 0.1) is 13.2 Å². The summed E-state index contributed by atoms with van der Waals surface area (Å²) in [5.74, 6) is -0.924. The van der Waals surface area contributed by atoms with E-state index >= 15 is 0 Å². The zero-order valence-electron chi connectivity index (χ0n) is 16.6. The Morgan fingerprint density at radius 1 is 0.808 bits per heavy atom. The van der Waals surface area contributed by atoms with E-state index < -0.39 is 17.4 Å². The van der Waals surface area contributed by atoms with Crippen molar-refractivity contribution in [2.45, 2.75) is 72.1 Å². The van der Waals surface area contributed by atoms with Gasteiger partial charge in [-0.25, -0.2) is 0 Å². The van der Waals surface area contributed by atoms with E-state index in [-0.39, 0.29) is 13.2 Å². The Morgan fingerprint density at radius 2 is 1.35 bits per heavy atom. The van der Waals surface area contributed by atoms with Crippen LogP contribution in [0, 0.1) is 5.41 Å². The van der Waals surface area contributed by atoms with Crippen LogP contribution in [-0.4, -0.2) is 25.2 Å². The third-order valence-electron chi connectivity index (χ3n) is 4.64. The highest BCUT2D eigenvalue weighted by atomic mass is 16.6. The first-order chi connectivity index (χ1) is 12.6. The number of carbonyl (C=O) groups is 2. The van der Waals surface area contributed by atoms with Crippen molar-refractivity contribution in [3.05, 3.63) is 35.9 Å². The molecule has 4 heteroatoms. The summed E-state index contributed by atoms with van der Waals surface area (Å²) in [5, 5.41) is 0. The molecule has 1 rings (SSSR count). The van der Waals surface area contributed by atoms with Gasteiger partial charge in [-0.1, -0.05) is 75.8 Å². The summed E-state index contributed by atoms with van der Waals surface area (Å²) in [6.07, 6.45) is 7.35. The van der Waals surface area contributed by atoms with Crippen LogP contribution in [0.25, 0.3) is 0 Å². The molecule has 1 aromatic carbocycles. The van der Waals surface area contributed by atoms with Crippen molar-refractivity contribution in [1.82, 2.24) is 0 Å². The zero-order chi connectivity index (χ0) is 19.3. The molecule has 0 amide bonds. The molecule has 0 heterocycles. The molecule has 0 saturated heterocycles. The van der Waals surface area contributed by atoms with Crippen LogP contribution in [0.15, 0.2) is 30.3 Å². The maximum Gasteiger partial charge on any atom is 0.323 e. The van der Waals surface area contributed by atoms with Crippen molar-refractivity contribution in [3.63, 3.8) is 0 Å². The Kier molecular flexibility index (Phi) is 10.7. The fourth-order valence-corrected chi connectivity index (χ4v) is 3.21. The molecule has 26 heavy (non-hydrogen) atoms. The summed E-state index contributed by atoms with van der Waals surface area (Å²) in [4.78, 5) is 25.7. The van der Waals surface area contributed by atoms with Gasteiger partial charge in [-0.15, -0.1) is 0 Å². The lowest BCUT2D eigenvalue weighted by molar-refractivity contribution is -0.172. The van der Waals surface area contributed by atoms with Gasteiger partial charge in [-0.3, -0.25) is 9.59 Å². The van der Waals surface area contributed by atoms with Crippen molar-refractivity contribution >= 4 is 11.9 Å². The lowest BCUT2D eigenvalue weighted by atomic mass is 9.77. The molecule has 146 valence electrons. The lowest BCUT2D eigenvalue weighted by Crippen LogP contribution is -2.44. The smallest absolute Gasteiger partial charge is 0.323 e. The van der Waals surface area contributed by atoms with E-state index in [2.05, 4.69) is 6.92 Å². The summed E-state index contributed by atoms with van der Waals surface area (Å²) >= 11 is 0. The van der Waals surface area contributed by atoms with Gasteiger partial charge in [0, 0.05) is 0 Å². The number of benzene rings is 1. The van der Waals surface area contributed by atoms with Gasteiger partial charge in [0.15, 0.2) is 5.41 Å². The molecule has 0 bridgehead atoms. The maximum atomic E-state index is 12.8. The number of esters is 2. The Bertz CT molecular complexity index is 506. The Balaban J connectivity index is 2.96. The first-order valence-electron chi connectivity index (χ1n) is 9.99. The molecule has 1 aromatic rings. The van der Waals surface area contributed by atoms with Gasteiger partial charge in [-0.2, -0.15) is 0 Å². The van der Waals surface area contributed by atoms with E-state index in [0.29, 0.717) is 12.8 Å². The third kappa shape index (κ3) is 6.81. The van der Waals surface area contributed by atoms with Gasteiger partial charge in [-0.05, 0) is 32.3 Å². The molecular formula is C22H34O4. The number of hydrogen-bond donors (Lipinski definition) is 0. The average molecular weight is 363 g/mol. The van der Waals surface area contributed by atoms with E-state index in [0.717, 1.165) is 24.8 Å². The molecule has 0 unspecified atom stereocenters. The molecule has 0 N–H and O–H groups in total. The minimum atomic E-state index is -1.25. The third-order valence-corrected chi connectivity index (χ3v) is 4.64. The summed E-state index contributed by atoms with van der Waals surface area (Å²) in [6.45, 7) is 6.23. The summed E-state index contributed by atoms with van der Waals surface area (Å²) in [7, 11) is 0. The molecule has 0 saturated carbocycles. The lowest BCUT2D eigenvalue weighted by Gasteiger charge is -2.29. The number of ether oxygens (including phenoxy) is 2. The molecule has 0 aliphatic rings. The first kappa shape index (κ1) is 22.2. The first-order valence-corrected chi connectivity index (χ1v) is 9.99. The Labute approximate surface area is 158 Å². The summed E-state index contributed by atoms with van der Waals surface area (Å²) in [6, 6.07) is 9.64. The van der Waals surface area contributed by atoms with Crippen LogP contribution in [0.1, 0.15) is 71.3 Å². The van der Waals surface area contributed by atoms with Crippen molar-refractivity contribution in [2.24, 2.45) is 5.41 Å². The van der Waals surface area contributed by atoms with Crippen LogP contribution in [0.2, 0.25) is 0 Å². The van der Waals surface area contributed by atoms with E-state index in [1.54, 1.807) is 13.8 Å². The van der Waals surface area contributed by atoms with Crippen LogP contribution >= 0.6 is 0 Å². The highest BCUT2D eigenvalue weighted by molar-refractivity contribution is 6.00. The highest BCUT2D eigenvalue weighted by Crippen LogP contribution is 2.33. The molecule has 0 aliphatic carbocycles. The van der Waals surface area contributed by atoms with Crippen LogP contribution in [0.4, 0.5) is 0 Å². The number of rotatable bonds is 13. The monoisotopic (exact) mass is 362 g/mol. The van der Waals surface area contributed by atoms with Crippen molar-refractivity contribution in [1.29, 1.82) is 0 Å². The van der Waals surface area contributed by atoms with Crippen molar-refractivity contribution in [3.8, 4) is 0 Å². The molecule has 0 aliphatic heterocycles. The molecule has 0 fully saturated rings. The Hall–Kier alpha value is -1.84. The topological polar surface area (TPSA) is 52.6 Å². The largest absolute Gasteiger partial charge is 0.465 e. The molecule has 4 nitrogen and oxygen atoms in total. The van der Waals surface area contributed by atoms with E-state index in [4.69, 9.17) is 9.47 Å². The minimum absolute atomic E-state index is 0.255. The predicted molar refractivity (Wildman–Crippen MR) is 104 cm³/mol. The normalized spacial score (nSPS) is 11.2. The quantitative estimate of drug-likeness (QED) is 0.278. The van der Waals surface area contributed by atoms with E-state index in [9.17, 15) is 9.59 Å². The average Bonchev–Trinajstić information content (AvgIpc) is 2.64. The minimum Gasteiger partial charge on any atom is -0.465 e. The van der Waals surface area contributed by atoms with E-state index in [1.807, 2.05) is 30.3 Å². The number of unbranched alkanes of at least 4 members (excludes halogenated alkanes) is 5. The van der Waals surface area contributed by atoms with Gasteiger partial charge in [0.2, 0.25) is 0 Å². The zero-order valence-corrected chi connectivity index (χ0v) is 16.6. The fraction of sp³-hybridized carbons (Fsp3) is 0.636. The van der Waals surface area contributed by atoms with Crippen molar-refractivity contribution in [2.75, 3.05) is 13.2 Å². The summed E-state index contributed by atoms with van der Waals surface area (Å²) < 4.78 is 10.6. The second kappa shape index (κ2) is 12.5. The second-order valence-electron chi connectivity index (χ2n) is 6.70. The SMILES string of the molecule is CCCCCCCCC(Cc1ccccc1)(C(=O)OCC)C(=O)OCC. The number of carbonyl (C=O) groups excluding carboxylic acids is 2. The van der Waals surface area contributed by atoms with Crippen molar-refractivity contribution < 1.29 is 19.1 Å². The van der Waals surface area contributed by atoms with Gasteiger partial charge < -0.3 is 9.47 Å². The Morgan fingerprint density at radius 3 is 1.88 bits per heavy atom. The molecular weight excluding hydrogens is 328 g/mol. The van der Waals surface area contributed by atoms with E-state index in [1.165, 1.54) is 19.3 Å². The standard InChI is InChI=1S/C22H34O4/c1-4-7-8-9-10-14-17-22(20(23)25-5-2,21(24)26-6-3)18-19-15-12-11-13-16-19/h11-13,15-16H,4-10,14,17-18H2,1-3H3. The molecule has 0 radical (unpaired) electrons. The van der Waals surface area contributed by atoms with Gasteiger partial charge in [0.1, 0.15) is 0 Å². The molecule has 0 aromatic heterocycles. The predicted octanol–water partition coefficient (Wildman–Crippen LogP) is 5.09. The maximum absolute atomic E-state index is 12.8. The number of hydrogen-bond acceptors (Lipinski definition) is 4. The summed E-state index contributed by atoms with van der Waals surface area (Å²) in [5.41, 5.74) is -0.308. The molecule has 0 spiro atoms. The van der Waals surface area contributed by atoms with Crippen LogP contribution < -0.4 is 0 Å². The fourth-order valence-electron chi connectivity index (χ4n) is 3.21. The second-order valence-corrected chi connectivity index (χ2v) is 6.70. The van der Waals surface area contributed by atoms with Gasteiger partial charge >= 0.3 is 11.9 Å².